The van der Waals surface area contributed by atoms with Crippen LogP contribution in [-0.4, -0.2) is 19.2 Å². The lowest BCUT2D eigenvalue weighted by Crippen LogP contribution is -2.20. The van der Waals surface area contributed by atoms with Gasteiger partial charge in [-0.1, -0.05) is 19.1 Å². The number of hydrogen-bond acceptors (Lipinski definition) is 3. The summed E-state index contributed by atoms with van der Waals surface area (Å²) in [5, 5.41) is 0. The average molecular weight is 239 g/mol. The van der Waals surface area contributed by atoms with Crippen LogP contribution in [0.25, 0.3) is 0 Å². The molecule has 0 aromatic heterocycles. The molecule has 88 valence electrons. The number of rotatable bonds is 5. The van der Waals surface area contributed by atoms with Crippen molar-refractivity contribution in [1.82, 2.24) is 0 Å². The molecule has 1 unspecified atom stereocenters. The summed E-state index contributed by atoms with van der Waals surface area (Å²) >= 11 is 4.96. The fraction of sp³-hybridized carbons (Fsp3) is 0.417. The van der Waals surface area contributed by atoms with Crippen molar-refractivity contribution < 1.29 is 9.47 Å². The minimum atomic E-state index is 0.149. The Kier molecular flexibility index (Phi) is 4.55. The highest BCUT2D eigenvalue weighted by molar-refractivity contribution is 7.80. The molecule has 0 bridgehead atoms. The van der Waals surface area contributed by atoms with E-state index < -0.39 is 0 Å². The number of nitrogens with two attached hydrogens (primary N) is 1. The third-order valence-corrected chi connectivity index (χ3v) is 2.90. The zero-order valence-corrected chi connectivity index (χ0v) is 10.6. The lowest BCUT2D eigenvalue weighted by atomic mass is 10.00. The molecule has 0 aliphatic carbocycles. The maximum atomic E-state index is 5.61. The summed E-state index contributed by atoms with van der Waals surface area (Å²) in [6.07, 6.45) is 0.760. The molecule has 0 saturated heterocycles. The molecule has 1 aromatic rings. The molecule has 0 aliphatic rings. The standard InChI is InChI=1S/C12H17NO2S/c1-8(12(13)16)6-9-7-10(14-2)4-5-11(9)15-3/h4-5,7-8H,6H2,1-3H3,(H2,13,16). The molecule has 1 rings (SSSR count). The van der Waals surface area contributed by atoms with Crippen molar-refractivity contribution in [3.63, 3.8) is 0 Å². The average Bonchev–Trinajstić information content (AvgIpc) is 2.28. The number of methoxy groups -OCH3 is 2. The van der Waals surface area contributed by atoms with Gasteiger partial charge in [0.25, 0.3) is 0 Å². The van der Waals surface area contributed by atoms with Crippen molar-refractivity contribution in [2.24, 2.45) is 11.7 Å². The second-order valence-corrected chi connectivity index (χ2v) is 4.16. The maximum Gasteiger partial charge on any atom is 0.122 e. The second-order valence-electron chi connectivity index (χ2n) is 3.69. The summed E-state index contributed by atoms with van der Waals surface area (Å²) in [7, 11) is 3.29. The van der Waals surface area contributed by atoms with E-state index >= 15 is 0 Å². The third kappa shape index (κ3) is 3.10. The molecule has 1 atom stereocenters. The molecule has 16 heavy (non-hydrogen) atoms. The number of hydrogen-bond donors (Lipinski definition) is 1. The predicted molar refractivity (Wildman–Crippen MR) is 69.2 cm³/mol. The minimum absolute atomic E-state index is 0.149. The van der Waals surface area contributed by atoms with Gasteiger partial charge < -0.3 is 15.2 Å². The van der Waals surface area contributed by atoms with E-state index in [0.717, 1.165) is 23.5 Å². The van der Waals surface area contributed by atoms with Crippen LogP contribution in [0.2, 0.25) is 0 Å². The van der Waals surface area contributed by atoms with E-state index in [1.54, 1.807) is 14.2 Å². The van der Waals surface area contributed by atoms with Crippen LogP contribution in [0.4, 0.5) is 0 Å². The summed E-state index contributed by atoms with van der Waals surface area (Å²) in [5.41, 5.74) is 6.66. The van der Waals surface area contributed by atoms with Crippen molar-refractivity contribution in [3.05, 3.63) is 23.8 Å². The first-order valence-electron chi connectivity index (χ1n) is 5.08. The van der Waals surface area contributed by atoms with E-state index in [9.17, 15) is 0 Å². The molecule has 0 radical (unpaired) electrons. The molecule has 3 nitrogen and oxygen atoms in total. The molecule has 0 aliphatic heterocycles. The highest BCUT2D eigenvalue weighted by atomic mass is 32.1. The Bertz CT molecular complexity index is 379. The monoisotopic (exact) mass is 239 g/mol. The van der Waals surface area contributed by atoms with Crippen LogP contribution in [0.1, 0.15) is 12.5 Å². The van der Waals surface area contributed by atoms with Crippen molar-refractivity contribution in [3.8, 4) is 11.5 Å². The Morgan fingerprint density at radius 2 is 2.06 bits per heavy atom. The molecule has 1 aromatic carbocycles. The normalized spacial score (nSPS) is 11.9. The van der Waals surface area contributed by atoms with Crippen molar-refractivity contribution in [1.29, 1.82) is 0 Å². The van der Waals surface area contributed by atoms with E-state index in [2.05, 4.69) is 0 Å². The van der Waals surface area contributed by atoms with E-state index in [1.165, 1.54) is 0 Å². The zero-order chi connectivity index (χ0) is 12.1. The number of thiocarbonyl (C=S) groups is 1. The Morgan fingerprint density at radius 1 is 1.38 bits per heavy atom. The van der Waals surface area contributed by atoms with Crippen molar-refractivity contribution in [2.75, 3.05) is 14.2 Å². The molecule has 4 heteroatoms. The largest absolute Gasteiger partial charge is 0.497 e. The van der Waals surface area contributed by atoms with E-state index in [1.807, 2.05) is 25.1 Å². The van der Waals surface area contributed by atoms with Crippen LogP contribution in [0, 0.1) is 5.92 Å². The first-order chi connectivity index (χ1) is 7.58. The van der Waals surface area contributed by atoms with Gasteiger partial charge in [0.05, 0.1) is 19.2 Å². The zero-order valence-electron chi connectivity index (χ0n) is 9.82. The highest BCUT2D eigenvalue weighted by Gasteiger charge is 2.11. The lowest BCUT2D eigenvalue weighted by Gasteiger charge is -2.14. The third-order valence-electron chi connectivity index (χ3n) is 2.50. The molecule has 0 amide bonds. The molecule has 0 fully saturated rings. The molecular weight excluding hydrogens is 222 g/mol. The van der Waals surface area contributed by atoms with Crippen LogP contribution in [0.15, 0.2) is 18.2 Å². The van der Waals surface area contributed by atoms with Gasteiger partial charge in [0, 0.05) is 5.92 Å². The molecule has 0 heterocycles. The Labute approximate surface area is 102 Å². The second kappa shape index (κ2) is 5.70. The van der Waals surface area contributed by atoms with Gasteiger partial charge in [-0.25, -0.2) is 0 Å². The number of benzene rings is 1. The van der Waals surface area contributed by atoms with Gasteiger partial charge in [0.2, 0.25) is 0 Å². The Morgan fingerprint density at radius 3 is 2.56 bits per heavy atom. The van der Waals surface area contributed by atoms with Gasteiger partial charge in [-0.3, -0.25) is 0 Å². The van der Waals surface area contributed by atoms with Crippen LogP contribution < -0.4 is 15.2 Å². The van der Waals surface area contributed by atoms with E-state index in [-0.39, 0.29) is 5.92 Å². The van der Waals surface area contributed by atoms with Gasteiger partial charge in [0.15, 0.2) is 0 Å². The molecule has 0 saturated carbocycles. The van der Waals surface area contributed by atoms with Gasteiger partial charge in [0.1, 0.15) is 11.5 Å². The molecular formula is C12H17NO2S. The van der Waals surface area contributed by atoms with Gasteiger partial charge in [-0.15, -0.1) is 0 Å². The lowest BCUT2D eigenvalue weighted by molar-refractivity contribution is 0.397. The van der Waals surface area contributed by atoms with E-state index in [4.69, 9.17) is 27.4 Å². The maximum absolute atomic E-state index is 5.61. The van der Waals surface area contributed by atoms with E-state index in [0.29, 0.717) is 4.99 Å². The topological polar surface area (TPSA) is 44.5 Å². The first kappa shape index (κ1) is 12.8. The quantitative estimate of drug-likeness (QED) is 0.800. The smallest absolute Gasteiger partial charge is 0.122 e. The minimum Gasteiger partial charge on any atom is -0.497 e. The Balaban J connectivity index is 2.95. The summed E-state index contributed by atoms with van der Waals surface area (Å²) in [6.45, 7) is 2.00. The van der Waals surface area contributed by atoms with Crippen LogP contribution in [0.3, 0.4) is 0 Å². The number of ether oxygens (including phenoxy) is 2. The van der Waals surface area contributed by atoms with Crippen LogP contribution in [-0.2, 0) is 6.42 Å². The summed E-state index contributed by atoms with van der Waals surface area (Å²) < 4.78 is 10.5. The van der Waals surface area contributed by atoms with Crippen LogP contribution >= 0.6 is 12.2 Å². The Hall–Kier alpha value is -1.29. The summed E-state index contributed by atoms with van der Waals surface area (Å²) in [5.74, 6) is 1.80. The van der Waals surface area contributed by atoms with Gasteiger partial charge in [-0.05, 0) is 30.2 Å². The van der Waals surface area contributed by atoms with Gasteiger partial charge >= 0.3 is 0 Å². The first-order valence-corrected chi connectivity index (χ1v) is 5.49. The van der Waals surface area contributed by atoms with Crippen molar-refractivity contribution in [2.45, 2.75) is 13.3 Å². The summed E-state index contributed by atoms with van der Waals surface area (Å²) in [6, 6.07) is 5.71. The van der Waals surface area contributed by atoms with Crippen LogP contribution in [0.5, 0.6) is 11.5 Å². The highest BCUT2D eigenvalue weighted by Crippen LogP contribution is 2.26. The fourth-order valence-corrected chi connectivity index (χ4v) is 1.56. The molecule has 2 N–H and O–H groups in total. The van der Waals surface area contributed by atoms with Crippen molar-refractivity contribution >= 4 is 17.2 Å². The van der Waals surface area contributed by atoms with Gasteiger partial charge in [-0.2, -0.15) is 0 Å². The fourth-order valence-electron chi connectivity index (χ4n) is 1.47. The summed E-state index contributed by atoms with van der Waals surface area (Å²) in [4.78, 5) is 0.518. The molecule has 0 spiro atoms. The predicted octanol–water partition coefficient (Wildman–Crippen LogP) is 2.17. The SMILES string of the molecule is COc1ccc(OC)c(CC(C)C(N)=S)c1.